The first kappa shape index (κ1) is 20.1. The van der Waals surface area contributed by atoms with Crippen molar-refractivity contribution in [2.45, 2.75) is 49.0 Å². The number of aromatic amines is 1. The summed E-state index contributed by atoms with van der Waals surface area (Å²) in [6.45, 7) is 2.68. The van der Waals surface area contributed by atoms with Gasteiger partial charge in [0.15, 0.2) is 0 Å². The van der Waals surface area contributed by atoms with Gasteiger partial charge >= 0.3 is 4.87 Å². The standard InChI is InChI=1S/C25H24BrNO2S2/c1-13-4-2-3-5-16(13)12-29-19-9-8-17(26)11-18(19)21-20-14-6-7-15(10-14)22(20)30-24-23(21)31-25(28)27-24/h2-5,8-9,11,14-15,20-22H,6-7,10,12H2,1H3,(H,27,28)/t14?,15?,20?,21-,22?/m1/s1. The number of thiazole rings is 1. The van der Waals surface area contributed by atoms with E-state index in [9.17, 15) is 4.79 Å². The number of nitrogens with one attached hydrogen (secondary N) is 1. The predicted octanol–water partition coefficient (Wildman–Crippen LogP) is 6.74. The van der Waals surface area contributed by atoms with Crippen molar-refractivity contribution in [1.82, 2.24) is 4.98 Å². The Hall–Kier alpha value is -1.50. The summed E-state index contributed by atoms with van der Waals surface area (Å²) in [6, 6.07) is 14.8. The topological polar surface area (TPSA) is 42.1 Å². The highest BCUT2D eigenvalue weighted by Crippen LogP contribution is 2.64. The van der Waals surface area contributed by atoms with E-state index >= 15 is 0 Å². The molecule has 1 N–H and O–H groups in total. The minimum absolute atomic E-state index is 0.0622. The van der Waals surface area contributed by atoms with Crippen LogP contribution in [0.4, 0.5) is 0 Å². The molecule has 31 heavy (non-hydrogen) atoms. The maximum atomic E-state index is 12.3. The number of H-pyrrole nitrogens is 1. The van der Waals surface area contributed by atoms with Gasteiger partial charge in [0.25, 0.3) is 0 Å². The van der Waals surface area contributed by atoms with Crippen LogP contribution >= 0.6 is 39.0 Å². The number of halogens is 1. The van der Waals surface area contributed by atoms with Crippen LogP contribution in [0.1, 0.15) is 46.7 Å². The van der Waals surface area contributed by atoms with Gasteiger partial charge in [-0.3, -0.25) is 4.79 Å². The van der Waals surface area contributed by atoms with Crippen molar-refractivity contribution < 1.29 is 4.74 Å². The molecular weight excluding hydrogens is 490 g/mol. The number of benzene rings is 2. The van der Waals surface area contributed by atoms with E-state index in [1.807, 2.05) is 11.8 Å². The van der Waals surface area contributed by atoms with Gasteiger partial charge in [-0.2, -0.15) is 0 Å². The van der Waals surface area contributed by atoms with Crippen LogP contribution in [0, 0.1) is 24.7 Å². The van der Waals surface area contributed by atoms with Gasteiger partial charge in [-0.15, -0.1) is 11.8 Å². The predicted molar refractivity (Wildman–Crippen MR) is 130 cm³/mol. The van der Waals surface area contributed by atoms with Crippen molar-refractivity contribution >= 4 is 39.0 Å². The third-order valence-corrected chi connectivity index (χ3v) is 10.5. The zero-order valence-electron chi connectivity index (χ0n) is 17.3. The summed E-state index contributed by atoms with van der Waals surface area (Å²) in [5.41, 5.74) is 3.68. The number of ether oxygens (including phenoxy) is 1. The van der Waals surface area contributed by atoms with Crippen molar-refractivity contribution in [1.29, 1.82) is 0 Å². The number of hydrogen-bond acceptors (Lipinski definition) is 4. The minimum Gasteiger partial charge on any atom is -0.489 e. The molecule has 2 fully saturated rings. The van der Waals surface area contributed by atoms with Crippen molar-refractivity contribution in [3.8, 4) is 5.75 Å². The monoisotopic (exact) mass is 513 g/mol. The molecule has 2 aliphatic carbocycles. The molecule has 0 spiro atoms. The van der Waals surface area contributed by atoms with Gasteiger partial charge in [-0.1, -0.05) is 51.5 Å². The highest BCUT2D eigenvalue weighted by atomic mass is 79.9. The lowest BCUT2D eigenvalue weighted by Crippen LogP contribution is -2.33. The molecule has 5 atom stereocenters. The van der Waals surface area contributed by atoms with E-state index in [0.29, 0.717) is 17.8 Å². The van der Waals surface area contributed by atoms with E-state index in [4.69, 9.17) is 4.74 Å². The van der Waals surface area contributed by atoms with Crippen molar-refractivity contribution in [2.24, 2.45) is 17.8 Å². The van der Waals surface area contributed by atoms with Crippen molar-refractivity contribution in [2.75, 3.05) is 0 Å². The molecule has 2 aromatic carbocycles. The summed E-state index contributed by atoms with van der Waals surface area (Å²) in [6.07, 6.45) is 4.00. The normalized spacial score (nSPS) is 28.4. The number of aromatic nitrogens is 1. The number of rotatable bonds is 4. The Morgan fingerprint density at radius 2 is 2.00 bits per heavy atom. The first-order valence-electron chi connectivity index (χ1n) is 10.9. The average molecular weight is 515 g/mol. The molecule has 6 rings (SSSR count). The van der Waals surface area contributed by atoms with Crippen LogP contribution in [0.15, 0.2) is 56.8 Å². The van der Waals surface area contributed by atoms with Crippen LogP contribution in [0.5, 0.6) is 5.75 Å². The average Bonchev–Trinajstić information content (AvgIpc) is 3.46. The lowest BCUT2D eigenvalue weighted by molar-refractivity contribution is 0.280. The number of fused-ring (bicyclic) bond motifs is 6. The molecule has 3 nitrogen and oxygen atoms in total. The zero-order valence-corrected chi connectivity index (χ0v) is 20.5. The SMILES string of the molecule is Cc1ccccc1COc1ccc(Br)cc1[C@H]1c2sc(=O)[nH]c2SC2C3CCC(C3)C21. The molecule has 2 heterocycles. The summed E-state index contributed by atoms with van der Waals surface area (Å²) in [5.74, 6) is 3.28. The Morgan fingerprint density at radius 1 is 1.16 bits per heavy atom. The lowest BCUT2D eigenvalue weighted by atomic mass is 9.74. The van der Waals surface area contributed by atoms with E-state index in [1.54, 1.807) is 0 Å². The van der Waals surface area contributed by atoms with Gasteiger partial charge in [-0.25, -0.2) is 0 Å². The molecule has 4 unspecified atom stereocenters. The molecule has 3 aliphatic rings. The van der Waals surface area contributed by atoms with Crippen LogP contribution < -0.4 is 9.61 Å². The van der Waals surface area contributed by atoms with Gasteiger partial charge in [0.1, 0.15) is 12.4 Å². The molecule has 2 bridgehead atoms. The zero-order chi connectivity index (χ0) is 21.1. The first-order chi connectivity index (χ1) is 15.1. The van der Waals surface area contributed by atoms with Gasteiger partial charge in [0.2, 0.25) is 0 Å². The van der Waals surface area contributed by atoms with Crippen LogP contribution in [-0.2, 0) is 6.61 Å². The fraction of sp³-hybridized carbons (Fsp3) is 0.400. The van der Waals surface area contributed by atoms with Gasteiger partial charge in [-0.05, 0) is 73.3 Å². The largest absolute Gasteiger partial charge is 0.489 e. The molecule has 0 amide bonds. The molecule has 6 heteroatoms. The second kappa shape index (κ2) is 7.82. The number of hydrogen-bond donors (Lipinski definition) is 1. The summed E-state index contributed by atoms with van der Waals surface area (Å²) < 4.78 is 7.51. The highest BCUT2D eigenvalue weighted by Gasteiger charge is 2.55. The number of thioether (sulfide) groups is 1. The third kappa shape index (κ3) is 3.42. The fourth-order valence-corrected chi connectivity index (χ4v) is 9.28. The van der Waals surface area contributed by atoms with E-state index in [2.05, 4.69) is 70.3 Å². The summed E-state index contributed by atoms with van der Waals surface area (Å²) in [5, 5.41) is 1.70. The molecule has 1 aromatic heterocycles. The van der Waals surface area contributed by atoms with E-state index in [1.165, 1.54) is 52.2 Å². The molecule has 2 saturated carbocycles. The van der Waals surface area contributed by atoms with Crippen LogP contribution in [0.3, 0.4) is 0 Å². The quantitative estimate of drug-likeness (QED) is 0.419. The highest BCUT2D eigenvalue weighted by molar-refractivity contribution is 9.10. The molecule has 3 aromatic rings. The van der Waals surface area contributed by atoms with Crippen LogP contribution in [0.25, 0.3) is 0 Å². The molecule has 1 aliphatic heterocycles. The van der Waals surface area contributed by atoms with E-state index in [-0.39, 0.29) is 10.8 Å². The smallest absolute Gasteiger partial charge is 0.305 e. The summed E-state index contributed by atoms with van der Waals surface area (Å²) in [4.78, 5) is 16.8. The van der Waals surface area contributed by atoms with E-state index in [0.717, 1.165) is 27.1 Å². The van der Waals surface area contributed by atoms with Gasteiger partial charge in [0, 0.05) is 26.1 Å². The maximum absolute atomic E-state index is 12.3. The lowest BCUT2D eigenvalue weighted by Gasteiger charge is -2.40. The Morgan fingerprint density at radius 3 is 2.87 bits per heavy atom. The van der Waals surface area contributed by atoms with Crippen LogP contribution in [-0.4, -0.2) is 10.2 Å². The Labute approximate surface area is 198 Å². The molecule has 160 valence electrons. The van der Waals surface area contributed by atoms with Crippen molar-refractivity contribution in [3.63, 3.8) is 0 Å². The molecule has 0 radical (unpaired) electrons. The molecular formula is C25H24BrNO2S2. The second-order valence-corrected chi connectivity index (χ2v) is 12.2. The van der Waals surface area contributed by atoms with Gasteiger partial charge < -0.3 is 9.72 Å². The minimum atomic E-state index is 0.0622. The molecule has 0 saturated heterocycles. The Kier molecular flexibility index (Phi) is 5.08. The van der Waals surface area contributed by atoms with Crippen LogP contribution in [0.2, 0.25) is 0 Å². The summed E-state index contributed by atoms with van der Waals surface area (Å²) in [7, 11) is 0. The van der Waals surface area contributed by atoms with E-state index < -0.39 is 0 Å². The number of aryl methyl sites for hydroxylation is 1. The Balaban J connectivity index is 1.43. The van der Waals surface area contributed by atoms with Gasteiger partial charge in [0.05, 0.1) is 5.03 Å². The second-order valence-electron chi connectivity index (χ2n) is 9.08. The van der Waals surface area contributed by atoms with Crippen molar-refractivity contribution in [3.05, 3.63) is 78.2 Å². The third-order valence-electron chi connectivity index (χ3n) is 7.42. The maximum Gasteiger partial charge on any atom is 0.305 e. The Bertz CT molecular complexity index is 1200. The first-order valence-corrected chi connectivity index (χ1v) is 13.4. The summed E-state index contributed by atoms with van der Waals surface area (Å²) >= 11 is 7.04. The fourth-order valence-electron chi connectivity index (χ4n) is 6.02.